The van der Waals surface area contributed by atoms with Gasteiger partial charge in [0.2, 0.25) is 0 Å². The smallest absolute Gasteiger partial charge is 0.165 e. The topological polar surface area (TPSA) is 32.3 Å². The van der Waals surface area contributed by atoms with Crippen molar-refractivity contribution in [1.29, 1.82) is 0 Å². The van der Waals surface area contributed by atoms with E-state index in [1.165, 1.54) is 6.07 Å². The summed E-state index contributed by atoms with van der Waals surface area (Å²) in [5.41, 5.74) is 1.67. The predicted molar refractivity (Wildman–Crippen MR) is 79.4 cm³/mol. The van der Waals surface area contributed by atoms with E-state index >= 15 is 0 Å². The number of phenolic OH excluding ortho intramolecular Hbond substituents is 1. The second kappa shape index (κ2) is 6.73. The molecule has 0 aliphatic rings. The molecule has 0 aliphatic heterocycles. The molecule has 0 bridgehead atoms. The molecule has 2 N–H and O–H groups in total. The maximum Gasteiger partial charge on any atom is 0.165 e. The van der Waals surface area contributed by atoms with E-state index in [1.54, 1.807) is 12.1 Å². The number of hydrogen-bond donors (Lipinski definition) is 2. The van der Waals surface area contributed by atoms with Crippen LogP contribution in [0.3, 0.4) is 0 Å². The lowest BCUT2D eigenvalue weighted by atomic mass is 10.0. The van der Waals surface area contributed by atoms with Gasteiger partial charge in [0.1, 0.15) is 0 Å². The van der Waals surface area contributed by atoms with Crippen LogP contribution < -0.4 is 5.32 Å². The van der Waals surface area contributed by atoms with Gasteiger partial charge in [-0.05, 0) is 30.2 Å². The second-order valence-electron chi connectivity index (χ2n) is 4.64. The van der Waals surface area contributed by atoms with Gasteiger partial charge in [-0.25, -0.2) is 4.39 Å². The van der Waals surface area contributed by atoms with E-state index in [0.717, 1.165) is 12.0 Å². The molecule has 106 valence electrons. The van der Waals surface area contributed by atoms with Crippen LogP contribution in [0.5, 0.6) is 5.75 Å². The Morgan fingerprint density at radius 3 is 2.55 bits per heavy atom. The zero-order chi connectivity index (χ0) is 14.5. The molecule has 0 saturated heterocycles. The lowest BCUT2D eigenvalue weighted by molar-refractivity contribution is 0.418. The average Bonchev–Trinajstić information content (AvgIpc) is 2.45. The molecule has 0 heterocycles. The van der Waals surface area contributed by atoms with Crippen molar-refractivity contribution in [3.05, 3.63) is 64.4 Å². The Bertz CT molecular complexity index is 571. The first-order valence-electron chi connectivity index (χ1n) is 6.57. The number of para-hydroxylation sites is 1. The van der Waals surface area contributed by atoms with E-state index in [2.05, 4.69) is 12.2 Å². The van der Waals surface area contributed by atoms with Gasteiger partial charge >= 0.3 is 0 Å². The summed E-state index contributed by atoms with van der Waals surface area (Å²) in [6.07, 6.45) is 0.887. The Balaban J connectivity index is 2.07. The van der Waals surface area contributed by atoms with Gasteiger partial charge in [-0.2, -0.15) is 0 Å². The summed E-state index contributed by atoms with van der Waals surface area (Å²) in [4.78, 5) is 0. The fraction of sp³-hybridized carbons (Fsp3) is 0.250. The summed E-state index contributed by atoms with van der Waals surface area (Å²) in [7, 11) is 0. The van der Waals surface area contributed by atoms with Crippen molar-refractivity contribution in [1.82, 2.24) is 5.32 Å². The highest BCUT2D eigenvalue weighted by atomic mass is 35.5. The highest BCUT2D eigenvalue weighted by Crippen LogP contribution is 2.23. The van der Waals surface area contributed by atoms with Crippen LogP contribution in [-0.4, -0.2) is 5.11 Å². The summed E-state index contributed by atoms with van der Waals surface area (Å²) in [6, 6.07) is 12.3. The van der Waals surface area contributed by atoms with Crippen LogP contribution in [-0.2, 0) is 6.54 Å². The van der Waals surface area contributed by atoms with E-state index in [9.17, 15) is 9.50 Å². The molecule has 1 atom stereocenters. The van der Waals surface area contributed by atoms with E-state index in [-0.39, 0.29) is 11.8 Å². The fourth-order valence-electron chi connectivity index (χ4n) is 2.13. The molecule has 2 aromatic rings. The number of hydrogen-bond acceptors (Lipinski definition) is 2. The zero-order valence-electron chi connectivity index (χ0n) is 11.2. The van der Waals surface area contributed by atoms with Crippen molar-refractivity contribution in [3.8, 4) is 5.75 Å². The third-order valence-corrected chi connectivity index (χ3v) is 3.54. The number of aromatic hydroxyl groups is 1. The van der Waals surface area contributed by atoms with E-state index < -0.39 is 5.82 Å². The second-order valence-corrected chi connectivity index (χ2v) is 5.08. The molecule has 2 nitrogen and oxygen atoms in total. The largest absolute Gasteiger partial charge is 0.505 e. The van der Waals surface area contributed by atoms with Crippen LogP contribution in [0.4, 0.5) is 4.39 Å². The molecule has 4 heteroatoms. The minimum absolute atomic E-state index is 0.134. The Labute approximate surface area is 123 Å². The SMILES string of the molecule is CCC(NCc1cccc(F)c1O)c1ccc(Cl)cc1. The lowest BCUT2D eigenvalue weighted by Crippen LogP contribution is -2.20. The monoisotopic (exact) mass is 293 g/mol. The zero-order valence-corrected chi connectivity index (χ0v) is 12.0. The first kappa shape index (κ1) is 14.8. The fourth-order valence-corrected chi connectivity index (χ4v) is 2.25. The van der Waals surface area contributed by atoms with Crippen molar-refractivity contribution in [3.63, 3.8) is 0 Å². The summed E-state index contributed by atoms with van der Waals surface area (Å²) in [6.45, 7) is 2.47. The van der Waals surface area contributed by atoms with Crippen LogP contribution in [0.15, 0.2) is 42.5 Å². The molecule has 20 heavy (non-hydrogen) atoms. The number of rotatable bonds is 5. The Kier molecular flexibility index (Phi) is 4.99. The van der Waals surface area contributed by atoms with E-state index in [0.29, 0.717) is 17.1 Å². The molecule has 0 radical (unpaired) electrons. The summed E-state index contributed by atoms with van der Waals surface area (Å²) < 4.78 is 13.3. The average molecular weight is 294 g/mol. The van der Waals surface area contributed by atoms with Crippen molar-refractivity contribution < 1.29 is 9.50 Å². The van der Waals surface area contributed by atoms with Gasteiger partial charge in [0, 0.05) is 23.2 Å². The number of halogens is 2. The van der Waals surface area contributed by atoms with Gasteiger partial charge < -0.3 is 10.4 Å². The normalized spacial score (nSPS) is 12.3. The minimum Gasteiger partial charge on any atom is -0.505 e. The Hall–Kier alpha value is -1.58. The van der Waals surface area contributed by atoms with Crippen LogP contribution in [0.2, 0.25) is 5.02 Å². The lowest BCUT2D eigenvalue weighted by Gasteiger charge is -2.18. The maximum atomic E-state index is 13.3. The molecule has 2 aromatic carbocycles. The molecule has 0 aromatic heterocycles. The first-order chi connectivity index (χ1) is 9.61. The van der Waals surface area contributed by atoms with Crippen molar-refractivity contribution in [2.75, 3.05) is 0 Å². The number of benzene rings is 2. The molecule has 1 unspecified atom stereocenters. The van der Waals surface area contributed by atoms with Gasteiger partial charge in [-0.3, -0.25) is 0 Å². The molecule has 0 aliphatic carbocycles. The van der Waals surface area contributed by atoms with Crippen molar-refractivity contribution in [2.24, 2.45) is 0 Å². The summed E-state index contributed by atoms with van der Waals surface area (Å²) in [5.74, 6) is -0.880. The van der Waals surface area contributed by atoms with E-state index in [1.807, 2.05) is 24.3 Å². The van der Waals surface area contributed by atoms with Gasteiger partial charge in [-0.1, -0.05) is 42.8 Å². The minimum atomic E-state index is -0.594. The number of phenols is 1. The Morgan fingerprint density at radius 2 is 1.90 bits per heavy atom. The van der Waals surface area contributed by atoms with Crippen molar-refractivity contribution >= 4 is 11.6 Å². The summed E-state index contributed by atoms with van der Waals surface area (Å²) >= 11 is 5.88. The molecule has 0 fully saturated rings. The third-order valence-electron chi connectivity index (χ3n) is 3.29. The summed E-state index contributed by atoms with van der Waals surface area (Å²) in [5, 5.41) is 13.7. The highest BCUT2D eigenvalue weighted by Gasteiger charge is 2.11. The first-order valence-corrected chi connectivity index (χ1v) is 6.94. The Morgan fingerprint density at radius 1 is 1.20 bits per heavy atom. The number of nitrogens with one attached hydrogen (secondary N) is 1. The molecular weight excluding hydrogens is 277 g/mol. The third kappa shape index (κ3) is 3.50. The highest BCUT2D eigenvalue weighted by molar-refractivity contribution is 6.30. The van der Waals surface area contributed by atoms with Gasteiger partial charge in [0.15, 0.2) is 11.6 Å². The van der Waals surface area contributed by atoms with Crippen LogP contribution >= 0.6 is 11.6 Å². The maximum absolute atomic E-state index is 13.3. The predicted octanol–water partition coefficient (Wildman–Crippen LogP) is 4.43. The van der Waals surface area contributed by atoms with Crippen LogP contribution in [0.1, 0.15) is 30.5 Å². The van der Waals surface area contributed by atoms with Gasteiger partial charge in [0.25, 0.3) is 0 Å². The van der Waals surface area contributed by atoms with Gasteiger partial charge in [0.05, 0.1) is 0 Å². The van der Waals surface area contributed by atoms with Crippen molar-refractivity contribution in [2.45, 2.75) is 25.9 Å². The van der Waals surface area contributed by atoms with Crippen LogP contribution in [0.25, 0.3) is 0 Å². The molecule has 0 saturated carbocycles. The van der Waals surface area contributed by atoms with E-state index in [4.69, 9.17) is 11.6 Å². The molecular formula is C16H17ClFNO. The molecule has 2 rings (SSSR count). The standard InChI is InChI=1S/C16H17ClFNO/c1-2-15(11-6-8-13(17)9-7-11)19-10-12-4-3-5-14(18)16(12)20/h3-9,15,19-20H,2,10H2,1H3. The molecule has 0 spiro atoms. The molecule has 0 amide bonds. The van der Waals surface area contributed by atoms with Crippen LogP contribution in [0, 0.1) is 5.82 Å². The van der Waals surface area contributed by atoms with Gasteiger partial charge in [-0.15, -0.1) is 0 Å². The quantitative estimate of drug-likeness (QED) is 0.855.